The molecule has 0 radical (unpaired) electrons. The van der Waals surface area contributed by atoms with Crippen LogP contribution in [0.15, 0.2) is 30.5 Å². The van der Waals surface area contributed by atoms with Gasteiger partial charge in [0.05, 0.1) is 24.3 Å². The van der Waals surface area contributed by atoms with Crippen LogP contribution in [0.3, 0.4) is 0 Å². The van der Waals surface area contributed by atoms with Gasteiger partial charge in [0.15, 0.2) is 0 Å². The molecule has 8 heteroatoms. The van der Waals surface area contributed by atoms with Crippen molar-refractivity contribution in [2.45, 2.75) is 20.0 Å². The third-order valence-corrected chi connectivity index (χ3v) is 3.98. The third-order valence-electron chi connectivity index (χ3n) is 3.98. The van der Waals surface area contributed by atoms with Gasteiger partial charge in [0.2, 0.25) is 5.91 Å². The maximum atomic E-state index is 14.6. The summed E-state index contributed by atoms with van der Waals surface area (Å²) in [6.45, 7) is 3.30. The fourth-order valence-corrected chi connectivity index (χ4v) is 2.79. The molecule has 0 bridgehead atoms. The molecule has 2 heterocycles. The van der Waals surface area contributed by atoms with Crippen molar-refractivity contribution < 1.29 is 23.1 Å². The number of hydrogen-bond acceptors (Lipinski definition) is 4. The van der Waals surface area contributed by atoms with Crippen molar-refractivity contribution in [3.63, 3.8) is 0 Å². The highest BCUT2D eigenvalue weighted by molar-refractivity contribution is 5.90. The lowest BCUT2D eigenvalue weighted by molar-refractivity contribution is -0.119. The second-order valence-electron chi connectivity index (χ2n) is 6.02. The Hall–Kier alpha value is -3.03. The first kappa shape index (κ1) is 17.8. The van der Waals surface area contributed by atoms with Gasteiger partial charge in [0.25, 0.3) is 0 Å². The smallest absolute Gasteiger partial charge is 0.414 e. The van der Waals surface area contributed by atoms with E-state index >= 15 is 0 Å². The molecule has 1 unspecified atom stereocenters. The number of cyclic esters (lactones) is 1. The van der Waals surface area contributed by atoms with Crippen LogP contribution >= 0.6 is 0 Å². The minimum atomic E-state index is -0.788. The predicted octanol–water partition coefficient (Wildman–Crippen LogP) is 2.80. The maximum absolute atomic E-state index is 14.6. The van der Waals surface area contributed by atoms with Crippen LogP contribution in [0.1, 0.15) is 12.6 Å². The summed E-state index contributed by atoms with van der Waals surface area (Å²) in [5.74, 6) is -1.83. The van der Waals surface area contributed by atoms with E-state index in [2.05, 4.69) is 10.3 Å². The summed E-state index contributed by atoms with van der Waals surface area (Å²) in [5, 5.41) is 2.54. The van der Waals surface area contributed by atoms with Gasteiger partial charge in [-0.05, 0) is 36.8 Å². The normalized spacial score (nSPS) is 16.5. The first-order valence-electron chi connectivity index (χ1n) is 8.00. The van der Waals surface area contributed by atoms with E-state index in [9.17, 15) is 18.4 Å². The van der Waals surface area contributed by atoms with E-state index in [1.807, 2.05) is 0 Å². The number of amides is 2. The molecule has 1 aliphatic rings. The van der Waals surface area contributed by atoms with Gasteiger partial charge in [-0.25, -0.2) is 13.6 Å². The highest BCUT2D eigenvalue weighted by atomic mass is 19.1. The summed E-state index contributed by atoms with van der Waals surface area (Å²) in [4.78, 5) is 28.1. The minimum absolute atomic E-state index is 0.0600. The number of ether oxygens (including phenoxy) is 1. The number of aryl methyl sites for hydroxylation is 1. The lowest BCUT2D eigenvalue weighted by atomic mass is 10.0. The minimum Gasteiger partial charge on any atom is -0.442 e. The average molecular weight is 361 g/mol. The maximum Gasteiger partial charge on any atom is 0.414 e. The van der Waals surface area contributed by atoms with Gasteiger partial charge in [0.1, 0.15) is 17.7 Å². The van der Waals surface area contributed by atoms with Gasteiger partial charge in [-0.2, -0.15) is 0 Å². The number of nitrogens with zero attached hydrogens (tertiary/aromatic N) is 2. The summed E-state index contributed by atoms with van der Waals surface area (Å²) >= 11 is 0. The Labute approximate surface area is 148 Å². The lowest BCUT2D eigenvalue weighted by Crippen LogP contribution is -2.33. The molecule has 136 valence electrons. The molecule has 2 amide bonds. The van der Waals surface area contributed by atoms with E-state index in [0.717, 1.165) is 17.0 Å². The molecule has 1 N–H and O–H groups in total. The standard InChI is InChI=1S/C18H17F2N3O3/c1-10-5-12(3-4-21-10)17-15(19)6-13(7-16(17)20)23-9-14(26-18(23)25)8-22-11(2)24/h3-7,14H,8-9H2,1-2H3,(H,22,24). The second-order valence-corrected chi connectivity index (χ2v) is 6.02. The molecule has 1 saturated heterocycles. The van der Waals surface area contributed by atoms with Crippen LogP contribution in [-0.2, 0) is 9.53 Å². The van der Waals surface area contributed by atoms with Crippen molar-refractivity contribution in [3.8, 4) is 11.1 Å². The molecule has 1 fully saturated rings. The van der Waals surface area contributed by atoms with E-state index in [4.69, 9.17) is 4.74 Å². The third kappa shape index (κ3) is 3.63. The summed E-state index contributed by atoms with van der Waals surface area (Å²) in [6, 6.07) is 5.28. The molecule has 0 spiro atoms. The SMILES string of the molecule is CC(=O)NCC1CN(c2cc(F)c(-c3ccnc(C)c3)c(F)c2)C(=O)O1. The van der Waals surface area contributed by atoms with Crippen LogP contribution in [0.5, 0.6) is 0 Å². The predicted molar refractivity (Wildman–Crippen MR) is 90.6 cm³/mol. The van der Waals surface area contributed by atoms with Gasteiger partial charge in [0, 0.05) is 18.8 Å². The quantitative estimate of drug-likeness (QED) is 0.909. The van der Waals surface area contributed by atoms with Gasteiger partial charge in [-0.3, -0.25) is 14.7 Å². The Morgan fingerprint density at radius 3 is 2.65 bits per heavy atom. The molecule has 3 rings (SSSR count). The number of pyridine rings is 1. The summed E-state index contributed by atoms with van der Waals surface area (Å²) in [5.41, 5.74) is 0.882. The van der Waals surface area contributed by atoms with Crippen molar-refractivity contribution in [1.29, 1.82) is 0 Å². The highest BCUT2D eigenvalue weighted by Crippen LogP contribution is 2.32. The Morgan fingerprint density at radius 1 is 1.35 bits per heavy atom. The molecule has 1 atom stereocenters. The van der Waals surface area contributed by atoms with Crippen molar-refractivity contribution in [1.82, 2.24) is 10.3 Å². The van der Waals surface area contributed by atoms with Crippen LogP contribution in [-0.4, -0.2) is 36.2 Å². The number of anilines is 1. The van der Waals surface area contributed by atoms with Crippen LogP contribution in [0.25, 0.3) is 11.1 Å². The van der Waals surface area contributed by atoms with E-state index in [1.54, 1.807) is 13.0 Å². The molecule has 0 saturated carbocycles. The van der Waals surface area contributed by atoms with Crippen molar-refractivity contribution in [2.24, 2.45) is 0 Å². The number of benzene rings is 1. The number of halogens is 2. The van der Waals surface area contributed by atoms with Gasteiger partial charge < -0.3 is 10.1 Å². The Balaban J connectivity index is 1.86. The lowest BCUT2D eigenvalue weighted by Gasteiger charge is -2.15. The van der Waals surface area contributed by atoms with E-state index in [-0.39, 0.29) is 30.2 Å². The van der Waals surface area contributed by atoms with Crippen LogP contribution in [0.4, 0.5) is 19.3 Å². The van der Waals surface area contributed by atoms with Crippen molar-refractivity contribution in [3.05, 3.63) is 47.8 Å². The second kappa shape index (κ2) is 7.07. The molecule has 0 aliphatic carbocycles. The van der Waals surface area contributed by atoms with Gasteiger partial charge >= 0.3 is 6.09 Å². The zero-order chi connectivity index (χ0) is 18.8. The van der Waals surface area contributed by atoms with E-state index < -0.39 is 23.8 Å². The average Bonchev–Trinajstić information content (AvgIpc) is 2.93. The first-order valence-corrected chi connectivity index (χ1v) is 8.00. The molecule has 1 aliphatic heterocycles. The fraction of sp³-hybridized carbons (Fsp3) is 0.278. The van der Waals surface area contributed by atoms with Crippen molar-refractivity contribution in [2.75, 3.05) is 18.0 Å². The summed E-state index contributed by atoms with van der Waals surface area (Å²) < 4.78 is 34.2. The van der Waals surface area contributed by atoms with Crippen LogP contribution < -0.4 is 10.2 Å². The zero-order valence-electron chi connectivity index (χ0n) is 14.3. The number of carbonyl (C=O) groups excluding carboxylic acids is 2. The topological polar surface area (TPSA) is 71.5 Å². The summed E-state index contributed by atoms with van der Waals surface area (Å²) in [6.07, 6.45) is 0.175. The molecule has 6 nitrogen and oxygen atoms in total. The molecular formula is C18H17F2N3O3. The molecule has 26 heavy (non-hydrogen) atoms. The van der Waals surface area contributed by atoms with Crippen molar-refractivity contribution >= 4 is 17.7 Å². The Morgan fingerprint density at radius 2 is 2.04 bits per heavy atom. The van der Waals surface area contributed by atoms with Gasteiger partial charge in [-0.1, -0.05) is 0 Å². The molecule has 1 aromatic heterocycles. The van der Waals surface area contributed by atoms with Gasteiger partial charge in [-0.15, -0.1) is 0 Å². The summed E-state index contributed by atoms with van der Waals surface area (Å²) in [7, 11) is 0. The largest absolute Gasteiger partial charge is 0.442 e. The monoisotopic (exact) mass is 361 g/mol. The van der Waals surface area contributed by atoms with Crippen LogP contribution in [0, 0.1) is 18.6 Å². The van der Waals surface area contributed by atoms with E-state index in [1.165, 1.54) is 19.2 Å². The fourth-order valence-electron chi connectivity index (χ4n) is 2.79. The number of carbonyl (C=O) groups is 2. The highest BCUT2D eigenvalue weighted by Gasteiger charge is 2.33. The zero-order valence-corrected chi connectivity index (χ0v) is 14.3. The molecule has 2 aromatic rings. The van der Waals surface area contributed by atoms with E-state index in [0.29, 0.717) is 11.3 Å². The Kier molecular flexibility index (Phi) is 4.83. The Bertz CT molecular complexity index is 850. The number of rotatable bonds is 4. The molecular weight excluding hydrogens is 344 g/mol. The number of aromatic nitrogens is 1. The number of hydrogen-bond donors (Lipinski definition) is 1. The molecule has 1 aromatic carbocycles. The first-order chi connectivity index (χ1) is 12.3. The van der Waals surface area contributed by atoms with Crippen LogP contribution in [0.2, 0.25) is 0 Å². The number of nitrogens with one attached hydrogen (secondary N) is 1.